The number of halogens is 3. The Bertz CT molecular complexity index is 632. The number of hydrogen-bond acceptors (Lipinski definition) is 4. The van der Waals surface area contributed by atoms with E-state index >= 15 is 0 Å². The molecule has 0 fully saturated rings. The summed E-state index contributed by atoms with van der Waals surface area (Å²) in [5, 5.41) is 4.86. The molecule has 0 unspecified atom stereocenters. The highest BCUT2D eigenvalue weighted by atomic mass is 19.4. The van der Waals surface area contributed by atoms with E-state index in [0.717, 1.165) is 24.6 Å². The number of nitrogens with one attached hydrogen (secondary N) is 2. The molecule has 1 aromatic rings. The molecule has 0 aliphatic rings. The van der Waals surface area contributed by atoms with Crippen LogP contribution in [0, 0.1) is 0 Å². The molecule has 1 rings (SSSR count). The van der Waals surface area contributed by atoms with E-state index in [4.69, 9.17) is 0 Å². The fraction of sp³-hybridized carbons (Fsp3) is 0.438. The Hall–Kier alpha value is -2.58. The molecule has 0 heterocycles. The van der Waals surface area contributed by atoms with Crippen molar-refractivity contribution in [2.75, 3.05) is 13.2 Å². The van der Waals surface area contributed by atoms with Crippen LogP contribution >= 0.6 is 0 Å². The molecular weight excluding hydrogens is 341 g/mol. The maximum absolute atomic E-state index is 12.8. The minimum atomic E-state index is -4.72. The second-order valence-electron chi connectivity index (χ2n) is 5.20. The summed E-state index contributed by atoms with van der Waals surface area (Å²) >= 11 is 0. The van der Waals surface area contributed by atoms with Crippen molar-refractivity contribution < 1.29 is 32.3 Å². The van der Waals surface area contributed by atoms with Crippen LogP contribution < -0.4 is 10.6 Å². The van der Waals surface area contributed by atoms with E-state index in [1.54, 1.807) is 0 Å². The summed E-state index contributed by atoms with van der Waals surface area (Å²) in [6.45, 7) is 2.95. The van der Waals surface area contributed by atoms with Gasteiger partial charge in [-0.1, -0.05) is 19.1 Å². The lowest BCUT2D eigenvalue weighted by Gasteiger charge is -2.14. The van der Waals surface area contributed by atoms with Crippen molar-refractivity contribution in [2.45, 2.75) is 32.5 Å². The zero-order valence-corrected chi connectivity index (χ0v) is 13.8. The lowest BCUT2D eigenvalue weighted by atomic mass is 10.1. The smallest absolute Gasteiger partial charge is 0.417 e. The van der Waals surface area contributed by atoms with Gasteiger partial charge in [-0.05, 0) is 25.5 Å². The van der Waals surface area contributed by atoms with Gasteiger partial charge in [0.1, 0.15) is 6.04 Å². The Labute approximate surface area is 142 Å². The molecule has 25 heavy (non-hydrogen) atoms. The molecule has 9 heteroatoms. The largest absolute Gasteiger partial charge is 0.452 e. The number of rotatable bonds is 7. The van der Waals surface area contributed by atoms with Gasteiger partial charge in [-0.25, -0.2) is 4.79 Å². The zero-order chi connectivity index (χ0) is 19.0. The standard InChI is InChI=1S/C16H19F3N2O4/c1-3-8-20-14(23)10(2)21-13(22)9-25-15(24)11-6-4-5-7-12(11)16(17,18)19/h4-7,10H,3,8-9H2,1-2H3,(H,20,23)(H,21,22)/t10-/m0/s1. The molecular formula is C16H19F3N2O4. The van der Waals surface area contributed by atoms with Crippen molar-refractivity contribution in [3.63, 3.8) is 0 Å². The van der Waals surface area contributed by atoms with E-state index in [1.807, 2.05) is 6.92 Å². The number of alkyl halides is 3. The van der Waals surface area contributed by atoms with Crippen molar-refractivity contribution in [1.29, 1.82) is 0 Å². The molecule has 0 radical (unpaired) electrons. The summed E-state index contributed by atoms with van der Waals surface area (Å²) in [6, 6.07) is 3.25. The van der Waals surface area contributed by atoms with Gasteiger partial charge in [0.05, 0.1) is 11.1 Å². The molecule has 1 aromatic carbocycles. The third-order valence-corrected chi connectivity index (χ3v) is 3.11. The molecule has 0 saturated carbocycles. The van der Waals surface area contributed by atoms with Crippen LogP contribution in [-0.4, -0.2) is 37.0 Å². The third kappa shape index (κ3) is 6.44. The van der Waals surface area contributed by atoms with Gasteiger partial charge in [0.25, 0.3) is 5.91 Å². The first-order chi connectivity index (χ1) is 11.7. The van der Waals surface area contributed by atoms with Crippen LogP contribution in [0.5, 0.6) is 0 Å². The van der Waals surface area contributed by atoms with Crippen LogP contribution in [0.3, 0.4) is 0 Å². The number of amides is 2. The monoisotopic (exact) mass is 360 g/mol. The van der Waals surface area contributed by atoms with Crippen molar-refractivity contribution in [3.8, 4) is 0 Å². The summed E-state index contributed by atoms with van der Waals surface area (Å²) in [5.41, 5.74) is -1.83. The Morgan fingerprint density at radius 1 is 1.20 bits per heavy atom. The van der Waals surface area contributed by atoms with Gasteiger partial charge in [-0.2, -0.15) is 13.2 Å². The first-order valence-electron chi connectivity index (χ1n) is 7.57. The average Bonchev–Trinajstić information content (AvgIpc) is 2.56. The maximum atomic E-state index is 12.8. The number of carbonyl (C=O) groups is 3. The van der Waals surface area contributed by atoms with Gasteiger partial charge in [-0.15, -0.1) is 0 Å². The van der Waals surface area contributed by atoms with E-state index in [0.29, 0.717) is 6.54 Å². The number of esters is 1. The highest BCUT2D eigenvalue weighted by Gasteiger charge is 2.35. The van der Waals surface area contributed by atoms with E-state index in [2.05, 4.69) is 15.4 Å². The van der Waals surface area contributed by atoms with E-state index in [-0.39, 0.29) is 0 Å². The fourth-order valence-corrected chi connectivity index (χ4v) is 1.87. The maximum Gasteiger partial charge on any atom is 0.417 e. The zero-order valence-electron chi connectivity index (χ0n) is 13.8. The van der Waals surface area contributed by atoms with Crippen LogP contribution in [0.4, 0.5) is 13.2 Å². The van der Waals surface area contributed by atoms with Gasteiger partial charge < -0.3 is 15.4 Å². The van der Waals surface area contributed by atoms with Crippen molar-refractivity contribution in [2.24, 2.45) is 0 Å². The second-order valence-corrected chi connectivity index (χ2v) is 5.20. The average molecular weight is 360 g/mol. The molecule has 0 saturated heterocycles. The minimum Gasteiger partial charge on any atom is -0.452 e. The molecule has 138 valence electrons. The Morgan fingerprint density at radius 2 is 1.84 bits per heavy atom. The van der Waals surface area contributed by atoms with Gasteiger partial charge in [-0.3, -0.25) is 9.59 Å². The first kappa shape index (κ1) is 20.5. The normalized spacial score (nSPS) is 12.2. The molecule has 2 N–H and O–H groups in total. The number of benzene rings is 1. The lowest BCUT2D eigenvalue weighted by molar-refractivity contribution is -0.138. The molecule has 6 nitrogen and oxygen atoms in total. The van der Waals surface area contributed by atoms with Gasteiger partial charge in [0.15, 0.2) is 6.61 Å². The second kappa shape index (κ2) is 9.05. The van der Waals surface area contributed by atoms with Gasteiger partial charge in [0, 0.05) is 6.54 Å². The van der Waals surface area contributed by atoms with Gasteiger partial charge >= 0.3 is 12.1 Å². The lowest BCUT2D eigenvalue weighted by Crippen LogP contribution is -2.46. The molecule has 0 aromatic heterocycles. The molecule has 1 atom stereocenters. The SMILES string of the molecule is CCCNC(=O)[C@H](C)NC(=O)COC(=O)c1ccccc1C(F)(F)F. The Kier molecular flexibility index (Phi) is 7.41. The van der Waals surface area contributed by atoms with Crippen molar-refractivity contribution in [1.82, 2.24) is 10.6 Å². The predicted molar refractivity (Wildman–Crippen MR) is 82.6 cm³/mol. The van der Waals surface area contributed by atoms with Crippen LogP contribution in [-0.2, 0) is 20.5 Å². The fourth-order valence-electron chi connectivity index (χ4n) is 1.87. The van der Waals surface area contributed by atoms with Crippen LogP contribution in [0.1, 0.15) is 36.2 Å². The van der Waals surface area contributed by atoms with E-state index in [1.165, 1.54) is 13.0 Å². The van der Waals surface area contributed by atoms with E-state index < -0.39 is 47.7 Å². The molecule has 0 spiro atoms. The number of carbonyl (C=O) groups excluding carboxylic acids is 3. The minimum absolute atomic E-state index is 0.413. The highest BCUT2D eigenvalue weighted by molar-refractivity contribution is 5.93. The van der Waals surface area contributed by atoms with E-state index in [9.17, 15) is 27.6 Å². The first-order valence-corrected chi connectivity index (χ1v) is 7.57. The molecule has 2 amide bonds. The quantitative estimate of drug-likeness (QED) is 0.728. The van der Waals surface area contributed by atoms with Crippen LogP contribution in [0.25, 0.3) is 0 Å². The summed E-state index contributed by atoms with van der Waals surface area (Å²) in [4.78, 5) is 35.0. The number of hydrogen-bond donors (Lipinski definition) is 2. The Balaban J connectivity index is 2.60. The van der Waals surface area contributed by atoms with Gasteiger partial charge in [0.2, 0.25) is 5.91 Å². The molecule has 0 bridgehead atoms. The molecule has 0 aliphatic heterocycles. The number of ether oxygens (including phenoxy) is 1. The summed E-state index contributed by atoms with van der Waals surface area (Å²) in [7, 11) is 0. The topological polar surface area (TPSA) is 84.5 Å². The third-order valence-electron chi connectivity index (χ3n) is 3.11. The summed E-state index contributed by atoms with van der Waals surface area (Å²) < 4.78 is 43.1. The Morgan fingerprint density at radius 3 is 2.44 bits per heavy atom. The van der Waals surface area contributed by atoms with Crippen LogP contribution in [0.15, 0.2) is 24.3 Å². The summed E-state index contributed by atoms with van der Waals surface area (Å²) in [6.07, 6.45) is -3.99. The molecule has 0 aliphatic carbocycles. The van der Waals surface area contributed by atoms with Crippen molar-refractivity contribution in [3.05, 3.63) is 35.4 Å². The predicted octanol–water partition coefficient (Wildman–Crippen LogP) is 1.89. The van der Waals surface area contributed by atoms with Crippen molar-refractivity contribution >= 4 is 17.8 Å². The highest BCUT2D eigenvalue weighted by Crippen LogP contribution is 2.32. The van der Waals surface area contributed by atoms with Crippen LogP contribution in [0.2, 0.25) is 0 Å². The summed E-state index contributed by atoms with van der Waals surface area (Å²) in [5.74, 6) is -2.48.